The maximum Gasteiger partial charge on any atom is 0.394 e. The summed E-state index contributed by atoms with van der Waals surface area (Å²) < 4.78 is 36.6. The fourth-order valence-electron chi connectivity index (χ4n) is 0.991. The van der Waals surface area contributed by atoms with E-state index in [1.54, 1.807) is 19.2 Å². The minimum absolute atomic E-state index is 0.0666. The molecule has 1 aromatic carbocycles. The summed E-state index contributed by atoms with van der Waals surface area (Å²) in [7, 11) is -3.10. The zero-order chi connectivity index (χ0) is 15.1. The highest BCUT2D eigenvalue weighted by Gasteiger charge is 2.00. The molecule has 19 heavy (non-hydrogen) atoms. The number of guanidine groups is 1. The van der Waals surface area contributed by atoms with E-state index in [1.165, 1.54) is 0 Å². The number of rotatable bonds is 3. The SMILES string of the molecule is COc1ccc(CN=C(N)N)cc1Cl.O=S(=O)(O)O. The van der Waals surface area contributed by atoms with Crippen LogP contribution >= 0.6 is 11.6 Å². The van der Waals surface area contributed by atoms with Crippen molar-refractivity contribution in [3.8, 4) is 5.75 Å². The van der Waals surface area contributed by atoms with E-state index in [2.05, 4.69) is 4.99 Å². The fraction of sp³-hybridized carbons (Fsp3) is 0.222. The van der Waals surface area contributed by atoms with Crippen molar-refractivity contribution in [1.82, 2.24) is 0 Å². The fourth-order valence-corrected chi connectivity index (χ4v) is 1.27. The second-order valence-electron chi connectivity index (χ2n) is 3.16. The molecule has 0 aliphatic heterocycles. The Balaban J connectivity index is 0.000000555. The van der Waals surface area contributed by atoms with Gasteiger partial charge in [-0.3, -0.25) is 9.11 Å². The van der Waals surface area contributed by atoms with Crippen molar-refractivity contribution in [3.63, 3.8) is 0 Å². The van der Waals surface area contributed by atoms with Crippen LogP contribution in [0.15, 0.2) is 23.2 Å². The zero-order valence-corrected chi connectivity index (χ0v) is 11.5. The number of halogens is 1. The van der Waals surface area contributed by atoms with E-state index in [1.807, 2.05) is 6.07 Å². The van der Waals surface area contributed by atoms with Crippen molar-refractivity contribution < 1.29 is 22.3 Å². The minimum atomic E-state index is -4.67. The van der Waals surface area contributed by atoms with E-state index in [4.69, 9.17) is 45.3 Å². The van der Waals surface area contributed by atoms with Gasteiger partial charge >= 0.3 is 10.4 Å². The maximum absolute atomic E-state index is 8.74. The predicted octanol–water partition coefficient (Wildman–Crippen LogP) is 0.469. The molecule has 1 aromatic rings. The Morgan fingerprint density at radius 1 is 1.42 bits per heavy atom. The standard InChI is InChI=1S/C9H12ClN3O.H2O4S/c1-14-8-3-2-6(4-7(8)10)5-13-9(11)12;1-5(2,3)4/h2-4H,5H2,1H3,(H4,11,12,13);(H2,1,2,3,4). The Hall–Kier alpha value is -1.55. The molecule has 0 unspecified atom stereocenters. The average Bonchev–Trinajstić information content (AvgIpc) is 2.24. The highest BCUT2D eigenvalue weighted by atomic mass is 35.5. The van der Waals surface area contributed by atoms with Crippen LogP contribution in [0.3, 0.4) is 0 Å². The Labute approximate surface area is 115 Å². The van der Waals surface area contributed by atoms with Gasteiger partial charge in [-0.25, -0.2) is 4.99 Å². The zero-order valence-electron chi connectivity index (χ0n) is 9.95. The van der Waals surface area contributed by atoms with Crippen LogP contribution in [-0.2, 0) is 16.9 Å². The van der Waals surface area contributed by atoms with Crippen LogP contribution in [-0.4, -0.2) is 30.6 Å². The summed E-state index contributed by atoms with van der Waals surface area (Å²) in [6.07, 6.45) is 0. The van der Waals surface area contributed by atoms with Crippen LogP contribution in [0.25, 0.3) is 0 Å². The van der Waals surface area contributed by atoms with Crippen molar-refractivity contribution >= 4 is 28.0 Å². The Morgan fingerprint density at radius 2 is 1.95 bits per heavy atom. The molecule has 0 radical (unpaired) electrons. The van der Waals surface area contributed by atoms with E-state index in [0.29, 0.717) is 17.3 Å². The summed E-state index contributed by atoms with van der Waals surface area (Å²) in [6.45, 7) is 0.423. The molecule has 8 nitrogen and oxygen atoms in total. The molecule has 6 N–H and O–H groups in total. The van der Waals surface area contributed by atoms with Crippen LogP contribution in [0, 0.1) is 0 Å². The molecule has 0 saturated carbocycles. The van der Waals surface area contributed by atoms with Gasteiger partial charge in [0.25, 0.3) is 0 Å². The van der Waals surface area contributed by atoms with E-state index < -0.39 is 10.4 Å². The van der Waals surface area contributed by atoms with Crippen molar-refractivity contribution in [3.05, 3.63) is 28.8 Å². The van der Waals surface area contributed by atoms with E-state index in [-0.39, 0.29) is 5.96 Å². The molecular weight excluding hydrogens is 298 g/mol. The predicted molar refractivity (Wildman–Crippen MR) is 71.7 cm³/mol. The molecule has 0 saturated heterocycles. The summed E-state index contributed by atoms with van der Waals surface area (Å²) in [5.41, 5.74) is 11.3. The second kappa shape index (κ2) is 7.79. The summed E-state index contributed by atoms with van der Waals surface area (Å²) in [5.74, 6) is 0.706. The van der Waals surface area contributed by atoms with Crippen LogP contribution < -0.4 is 16.2 Å². The summed E-state index contributed by atoms with van der Waals surface area (Å²) in [4.78, 5) is 3.86. The van der Waals surface area contributed by atoms with Crippen molar-refractivity contribution in [1.29, 1.82) is 0 Å². The van der Waals surface area contributed by atoms with Crippen molar-refractivity contribution in [2.24, 2.45) is 16.5 Å². The van der Waals surface area contributed by atoms with Gasteiger partial charge in [-0.2, -0.15) is 8.42 Å². The quantitative estimate of drug-likeness (QED) is 0.360. The summed E-state index contributed by atoms with van der Waals surface area (Å²) >= 11 is 5.91. The number of nitrogens with two attached hydrogens (primary N) is 2. The summed E-state index contributed by atoms with van der Waals surface area (Å²) in [6, 6.07) is 5.41. The lowest BCUT2D eigenvalue weighted by molar-refractivity contribution is 0.381. The second-order valence-corrected chi connectivity index (χ2v) is 4.46. The van der Waals surface area contributed by atoms with Gasteiger partial charge in [0.1, 0.15) is 5.75 Å². The van der Waals surface area contributed by atoms with E-state index >= 15 is 0 Å². The maximum atomic E-state index is 8.74. The van der Waals surface area contributed by atoms with Gasteiger partial charge in [0.05, 0.1) is 18.7 Å². The average molecular weight is 312 g/mol. The Bertz CT molecular complexity index is 535. The van der Waals surface area contributed by atoms with Gasteiger partial charge < -0.3 is 16.2 Å². The van der Waals surface area contributed by atoms with Crippen LogP contribution in [0.5, 0.6) is 5.75 Å². The largest absolute Gasteiger partial charge is 0.495 e. The number of benzene rings is 1. The highest BCUT2D eigenvalue weighted by molar-refractivity contribution is 7.79. The third kappa shape index (κ3) is 10.1. The van der Waals surface area contributed by atoms with Crippen LogP contribution in [0.1, 0.15) is 5.56 Å². The first-order valence-corrected chi connectivity index (χ1v) is 6.48. The number of ether oxygens (including phenoxy) is 1. The molecule has 0 amide bonds. The van der Waals surface area contributed by atoms with Crippen molar-refractivity contribution in [2.45, 2.75) is 6.54 Å². The minimum Gasteiger partial charge on any atom is -0.495 e. The van der Waals surface area contributed by atoms with Gasteiger partial charge in [0.15, 0.2) is 5.96 Å². The van der Waals surface area contributed by atoms with Gasteiger partial charge in [-0.05, 0) is 17.7 Å². The third-order valence-electron chi connectivity index (χ3n) is 1.66. The first-order chi connectivity index (χ1) is 8.63. The smallest absolute Gasteiger partial charge is 0.394 e. The number of nitrogens with zero attached hydrogens (tertiary/aromatic N) is 1. The third-order valence-corrected chi connectivity index (χ3v) is 1.96. The first kappa shape index (κ1) is 17.4. The monoisotopic (exact) mass is 311 g/mol. The molecule has 0 aliphatic carbocycles. The first-order valence-electron chi connectivity index (χ1n) is 4.71. The number of hydrogen-bond donors (Lipinski definition) is 4. The Kier molecular flexibility index (Phi) is 7.16. The van der Waals surface area contributed by atoms with E-state index in [0.717, 1.165) is 5.56 Å². The number of methoxy groups -OCH3 is 1. The molecule has 0 spiro atoms. The van der Waals surface area contributed by atoms with Crippen LogP contribution in [0.2, 0.25) is 5.02 Å². The molecule has 10 heteroatoms. The molecular formula is C9H14ClN3O5S. The van der Waals surface area contributed by atoms with Crippen LogP contribution in [0.4, 0.5) is 0 Å². The lowest BCUT2D eigenvalue weighted by atomic mass is 10.2. The molecule has 0 aromatic heterocycles. The van der Waals surface area contributed by atoms with Gasteiger partial charge in [-0.1, -0.05) is 17.7 Å². The molecule has 1 rings (SSSR count). The molecule has 0 aliphatic rings. The highest BCUT2D eigenvalue weighted by Crippen LogP contribution is 2.25. The normalized spacial score (nSPS) is 10.1. The topological polar surface area (TPSA) is 148 Å². The lowest BCUT2D eigenvalue weighted by Gasteiger charge is -2.04. The summed E-state index contributed by atoms with van der Waals surface area (Å²) in [5, 5.41) is 0.552. The number of hydrogen-bond acceptors (Lipinski definition) is 4. The molecule has 0 heterocycles. The molecule has 0 fully saturated rings. The number of aliphatic imine (C=N–C) groups is 1. The van der Waals surface area contributed by atoms with Gasteiger partial charge in [-0.15, -0.1) is 0 Å². The van der Waals surface area contributed by atoms with E-state index in [9.17, 15) is 0 Å². The molecule has 108 valence electrons. The van der Waals surface area contributed by atoms with Crippen molar-refractivity contribution in [2.75, 3.05) is 7.11 Å². The Morgan fingerprint density at radius 3 is 2.32 bits per heavy atom. The molecule has 0 atom stereocenters. The molecule has 0 bridgehead atoms. The lowest BCUT2D eigenvalue weighted by Crippen LogP contribution is -2.22. The van der Waals surface area contributed by atoms with Gasteiger partial charge in [0, 0.05) is 0 Å². The van der Waals surface area contributed by atoms with Gasteiger partial charge in [0.2, 0.25) is 0 Å².